The van der Waals surface area contributed by atoms with Crippen LogP contribution in [0.4, 0.5) is 0 Å². The third-order valence-electron chi connectivity index (χ3n) is 4.06. The smallest absolute Gasteiger partial charge is 0.246 e. The highest BCUT2D eigenvalue weighted by molar-refractivity contribution is 7.80. The number of ether oxygens (including phenoxy) is 2. The van der Waals surface area contributed by atoms with Crippen molar-refractivity contribution in [3.05, 3.63) is 30.0 Å². The van der Waals surface area contributed by atoms with E-state index in [2.05, 4.69) is 18.7 Å². The van der Waals surface area contributed by atoms with Gasteiger partial charge in [-0.3, -0.25) is 0 Å². The van der Waals surface area contributed by atoms with Crippen LogP contribution < -0.4 is 4.74 Å². The molecule has 3 rings (SSSR count). The van der Waals surface area contributed by atoms with E-state index in [4.69, 9.17) is 13.9 Å². The molecule has 1 aliphatic rings. The monoisotopic (exact) mass is 303 g/mol. The van der Waals surface area contributed by atoms with Crippen molar-refractivity contribution in [3.8, 4) is 11.8 Å². The summed E-state index contributed by atoms with van der Waals surface area (Å²) in [7, 11) is 0. The highest BCUT2D eigenvalue weighted by Gasteiger charge is 2.33. The van der Waals surface area contributed by atoms with E-state index in [0.29, 0.717) is 17.9 Å². The van der Waals surface area contributed by atoms with E-state index in [1.165, 1.54) is 0 Å². The van der Waals surface area contributed by atoms with E-state index in [9.17, 15) is 5.26 Å². The molecule has 110 valence electrons. The van der Waals surface area contributed by atoms with Crippen molar-refractivity contribution >= 4 is 23.6 Å². The standard InChI is InChI=1S/C16H17NO3S/c17-9-14-15(12-3-1-2-4-13(12)20-14)19-10-16(11-21)5-7-18-8-6-16/h1-4,21H,5-8,10-11H2. The van der Waals surface area contributed by atoms with Crippen LogP contribution in [0.25, 0.3) is 11.0 Å². The Kier molecular flexibility index (Phi) is 4.09. The van der Waals surface area contributed by atoms with Crippen LogP contribution in [0.15, 0.2) is 28.7 Å². The number of thiol groups is 1. The fraction of sp³-hybridized carbons (Fsp3) is 0.438. The molecule has 0 spiro atoms. The topological polar surface area (TPSA) is 55.4 Å². The molecule has 21 heavy (non-hydrogen) atoms. The van der Waals surface area contributed by atoms with Crippen molar-refractivity contribution in [1.82, 2.24) is 0 Å². The van der Waals surface area contributed by atoms with E-state index in [-0.39, 0.29) is 11.2 Å². The van der Waals surface area contributed by atoms with Gasteiger partial charge in [0.1, 0.15) is 11.7 Å². The Balaban J connectivity index is 1.86. The third-order valence-corrected chi connectivity index (χ3v) is 4.73. The Labute approximate surface area is 129 Å². The molecule has 1 aliphatic heterocycles. The molecule has 2 heterocycles. The van der Waals surface area contributed by atoms with Crippen LogP contribution in [0.1, 0.15) is 18.6 Å². The van der Waals surface area contributed by atoms with E-state index in [1.54, 1.807) is 0 Å². The number of benzene rings is 1. The fourth-order valence-electron chi connectivity index (χ4n) is 2.62. The van der Waals surface area contributed by atoms with Gasteiger partial charge in [-0.15, -0.1) is 0 Å². The van der Waals surface area contributed by atoms with Crippen LogP contribution in [0.5, 0.6) is 5.75 Å². The zero-order valence-corrected chi connectivity index (χ0v) is 12.6. The molecule has 2 aromatic rings. The Morgan fingerprint density at radius 3 is 2.76 bits per heavy atom. The summed E-state index contributed by atoms with van der Waals surface area (Å²) < 4.78 is 16.9. The van der Waals surface area contributed by atoms with Crippen molar-refractivity contribution in [2.75, 3.05) is 25.6 Å². The summed E-state index contributed by atoms with van der Waals surface area (Å²) in [6.45, 7) is 2.00. The van der Waals surface area contributed by atoms with Crippen LogP contribution in [0, 0.1) is 16.7 Å². The van der Waals surface area contributed by atoms with Gasteiger partial charge in [0.2, 0.25) is 5.76 Å². The van der Waals surface area contributed by atoms with Crippen molar-refractivity contribution in [3.63, 3.8) is 0 Å². The van der Waals surface area contributed by atoms with E-state index >= 15 is 0 Å². The maximum atomic E-state index is 9.22. The molecule has 1 fully saturated rings. The maximum Gasteiger partial charge on any atom is 0.246 e. The lowest BCUT2D eigenvalue weighted by molar-refractivity contribution is 0.00319. The molecule has 0 unspecified atom stereocenters. The van der Waals surface area contributed by atoms with Crippen molar-refractivity contribution in [2.45, 2.75) is 12.8 Å². The average Bonchev–Trinajstić information content (AvgIpc) is 2.91. The second-order valence-corrected chi connectivity index (χ2v) is 5.74. The molecule has 1 aromatic heterocycles. The molecule has 0 aliphatic carbocycles. The van der Waals surface area contributed by atoms with E-state index in [0.717, 1.165) is 37.2 Å². The predicted octanol–water partition coefficient (Wildman–Crippen LogP) is 3.41. The van der Waals surface area contributed by atoms with Gasteiger partial charge in [-0.05, 0) is 30.7 Å². The number of hydrogen-bond donors (Lipinski definition) is 1. The Morgan fingerprint density at radius 1 is 1.29 bits per heavy atom. The summed E-state index contributed by atoms with van der Waals surface area (Å²) in [6, 6.07) is 9.61. The number of furan rings is 1. The van der Waals surface area contributed by atoms with Gasteiger partial charge in [-0.1, -0.05) is 12.1 Å². The second kappa shape index (κ2) is 6.00. The summed E-state index contributed by atoms with van der Waals surface area (Å²) >= 11 is 4.48. The number of fused-ring (bicyclic) bond motifs is 1. The van der Waals surface area contributed by atoms with Gasteiger partial charge >= 0.3 is 0 Å². The number of para-hydroxylation sites is 1. The Morgan fingerprint density at radius 2 is 2.05 bits per heavy atom. The first-order valence-corrected chi connectivity index (χ1v) is 7.64. The largest absolute Gasteiger partial charge is 0.488 e. The zero-order valence-electron chi connectivity index (χ0n) is 11.7. The molecule has 0 N–H and O–H groups in total. The SMILES string of the molecule is N#Cc1oc2ccccc2c1OCC1(CS)CCOCC1. The number of nitriles is 1. The summed E-state index contributed by atoms with van der Waals surface area (Å²) in [6.07, 6.45) is 1.85. The summed E-state index contributed by atoms with van der Waals surface area (Å²) in [5, 5.41) is 10.1. The molecule has 1 saturated heterocycles. The number of rotatable bonds is 4. The highest BCUT2D eigenvalue weighted by Crippen LogP contribution is 2.36. The maximum absolute atomic E-state index is 9.22. The first-order chi connectivity index (χ1) is 10.3. The Hall–Kier alpha value is -1.64. The van der Waals surface area contributed by atoms with Crippen LogP contribution in [-0.2, 0) is 4.74 Å². The number of nitrogens with zero attached hydrogens (tertiary/aromatic N) is 1. The summed E-state index contributed by atoms with van der Waals surface area (Å²) in [5.74, 6) is 1.52. The molecule has 0 atom stereocenters. The van der Waals surface area contributed by atoms with Gasteiger partial charge < -0.3 is 13.9 Å². The van der Waals surface area contributed by atoms with Crippen molar-refractivity contribution in [1.29, 1.82) is 5.26 Å². The normalized spacial score (nSPS) is 17.5. The van der Waals surface area contributed by atoms with Crippen LogP contribution in [0.2, 0.25) is 0 Å². The van der Waals surface area contributed by atoms with Crippen LogP contribution in [0.3, 0.4) is 0 Å². The minimum absolute atomic E-state index is 0.00641. The molecule has 0 saturated carbocycles. The van der Waals surface area contributed by atoms with Crippen molar-refractivity contribution < 1.29 is 13.9 Å². The van der Waals surface area contributed by atoms with Crippen molar-refractivity contribution in [2.24, 2.45) is 5.41 Å². The lowest BCUT2D eigenvalue weighted by Gasteiger charge is -2.35. The molecule has 0 amide bonds. The lowest BCUT2D eigenvalue weighted by Crippen LogP contribution is -2.36. The zero-order chi connectivity index (χ0) is 14.7. The second-order valence-electron chi connectivity index (χ2n) is 5.43. The number of hydrogen-bond acceptors (Lipinski definition) is 5. The molecule has 4 nitrogen and oxygen atoms in total. The highest BCUT2D eigenvalue weighted by atomic mass is 32.1. The molecular weight excluding hydrogens is 286 g/mol. The molecule has 0 radical (unpaired) electrons. The van der Waals surface area contributed by atoms with Gasteiger partial charge in [0, 0.05) is 18.6 Å². The summed E-state index contributed by atoms with van der Waals surface area (Å²) in [4.78, 5) is 0. The first kappa shape index (κ1) is 14.3. The van der Waals surface area contributed by atoms with E-state index < -0.39 is 0 Å². The molecule has 0 bridgehead atoms. The van der Waals surface area contributed by atoms with Crippen LogP contribution in [-0.4, -0.2) is 25.6 Å². The minimum Gasteiger partial charge on any atom is -0.488 e. The summed E-state index contributed by atoms with van der Waals surface area (Å²) in [5.41, 5.74) is 0.683. The third kappa shape index (κ3) is 2.74. The van der Waals surface area contributed by atoms with E-state index in [1.807, 2.05) is 24.3 Å². The molecule has 5 heteroatoms. The van der Waals surface area contributed by atoms with Gasteiger partial charge in [0.15, 0.2) is 5.75 Å². The predicted molar refractivity (Wildman–Crippen MR) is 82.8 cm³/mol. The van der Waals surface area contributed by atoms with Gasteiger partial charge in [0.25, 0.3) is 0 Å². The van der Waals surface area contributed by atoms with Gasteiger partial charge in [0.05, 0.1) is 12.0 Å². The first-order valence-electron chi connectivity index (χ1n) is 7.01. The van der Waals surface area contributed by atoms with Crippen LogP contribution >= 0.6 is 12.6 Å². The fourth-order valence-corrected chi connectivity index (χ4v) is 3.02. The quantitative estimate of drug-likeness (QED) is 0.879. The van der Waals surface area contributed by atoms with Gasteiger partial charge in [-0.2, -0.15) is 17.9 Å². The molecular formula is C16H17NO3S. The van der Waals surface area contributed by atoms with Gasteiger partial charge in [-0.25, -0.2) is 0 Å². The lowest BCUT2D eigenvalue weighted by atomic mass is 9.83. The molecule has 1 aromatic carbocycles. The average molecular weight is 303 g/mol. The minimum atomic E-state index is 0.00641. The Bertz CT molecular complexity index is 668.